The van der Waals surface area contributed by atoms with Gasteiger partial charge in [0.05, 0.1) is 11.5 Å². The fourth-order valence-electron chi connectivity index (χ4n) is 5.17. The minimum atomic E-state index is -0.707. The standard InChI is InChI=1S/C33H42I2N2O10/c1-18(34)28(38)43-12-14-45-30(40)21-7-11-27(37-32(42)47-33(3,4)5)24(17-21)20-6-8-22-25(16-20)23(9-10-26(22)36)31(41)46-15-13-44-29(39)19(2)35/h6,8-10,16,18-19,21,24,27H,7,11-15,17,36H2,1-5H3,(H,37,42). The first-order chi connectivity index (χ1) is 22.1. The van der Waals surface area contributed by atoms with Crippen molar-refractivity contribution < 1.29 is 47.7 Å². The van der Waals surface area contributed by atoms with Gasteiger partial charge in [0.1, 0.15) is 39.9 Å². The van der Waals surface area contributed by atoms with Crippen LogP contribution in [0, 0.1) is 5.92 Å². The van der Waals surface area contributed by atoms with Crippen LogP contribution >= 0.6 is 45.2 Å². The third kappa shape index (κ3) is 11.6. The van der Waals surface area contributed by atoms with Crippen molar-refractivity contribution in [3.63, 3.8) is 0 Å². The summed E-state index contributed by atoms with van der Waals surface area (Å²) in [6.45, 7) is 8.43. The third-order valence-corrected chi connectivity index (χ3v) is 8.41. The zero-order chi connectivity index (χ0) is 34.9. The first-order valence-electron chi connectivity index (χ1n) is 15.3. The first kappa shape index (κ1) is 38.6. The van der Waals surface area contributed by atoms with E-state index in [0.29, 0.717) is 35.7 Å². The molecule has 0 radical (unpaired) electrons. The van der Waals surface area contributed by atoms with Gasteiger partial charge in [0.25, 0.3) is 0 Å². The Labute approximate surface area is 301 Å². The molecule has 0 saturated heterocycles. The van der Waals surface area contributed by atoms with Crippen molar-refractivity contribution in [2.24, 2.45) is 5.92 Å². The number of fused-ring (bicyclic) bond motifs is 1. The molecule has 258 valence electrons. The number of benzene rings is 2. The van der Waals surface area contributed by atoms with Gasteiger partial charge in [-0.2, -0.15) is 0 Å². The molecular weight excluding hydrogens is 838 g/mol. The normalized spacial score (nSPS) is 19.2. The van der Waals surface area contributed by atoms with Gasteiger partial charge in [-0.05, 0) is 83.0 Å². The third-order valence-electron chi connectivity index (χ3n) is 7.39. The molecule has 0 spiro atoms. The number of anilines is 1. The summed E-state index contributed by atoms with van der Waals surface area (Å²) in [6, 6.07) is 8.30. The first-order valence-corrected chi connectivity index (χ1v) is 17.8. The number of rotatable bonds is 12. The molecule has 0 aromatic heterocycles. The summed E-state index contributed by atoms with van der Waals surface area (Å²) in [6.07, 6.45) is 0.688. The molecule has 0 aliphatic heterocycles. The van der Waals surface area contributed by atoms with E-state index in [1.807, 2.05) is 57.3 Å². The highest BCUT2D eigenvalue weighted by Crippen LogP contribution is 2.39. The minimum Gasteiger partial charge on any atom is -0.462 e. The number of halogens is 2. The molecule has 0 heterocycles. The summed E-state index contributed by atoms with van der Waals surface area (Å²) in [7, 11) is 0. The van der Waals surface area contributed by atoms with Gasteiger partial charge in [0, 0.05) is 23.0 Å². The molecule has 1 amide bonds. The van der Waals surface area contributed by atoms with Crippen molar-refractivity contribution in [2.75, 3.05) is 32.2 Å². The minimum absolute atomic E-state index is 0.0400. The van der Waals surface area contributed by atoms with Crippen LogP contribution < -0.4 is 11.1 Å². The van der Waals surface area contributed by atoms with Crippen LogP contribution in [0.2, 0.25) is 0 Å². The van der Waals surface area contributed by atoms with E-state index in [1.165, 1.54) is 0 Å². The molecule has 1 fully saturated rings. The lowest BCUT2D eigenvalue weighted by molar-refractivity contribution is -0.155. The van der Waals surface area contributed by atoms with E-state index in [2.05, 4.69) is 5.32 Å². The van der Waals surface area contributed by atoms with Crippen LogP contribution in [-0.4, -0.2) is 75.9 Å². The van der Waals surface area contributed by atoms with Crippen LogP contribution in [0.15, 0.2) is 30.3 Å². The number of nitrogens with two attached hydrogens (primary N) is 1. The number of esters is 4. The molecule has 5 unspecified atom stereocenters. The zero-order valence-corrected chi connectivity index (χ0v) is 31.5. The average Bonchev–Trinajstić information content (AvgIpc) is 3.00. The van der Waals surface area contributed by atoms with Gasteiger partial charge >= 0.3 is 30.0 Å². The van der Waals surface area contributed by atoms with Gasteiger partial charge < -0.3 is 34.7 Å². The van der Waals surface area contributed by atoms with E-state index in [-0.39, 0.29) is 57.8 Å². The SMILES string of the molecule is CC(I)C(=O)OCCOC(=O)c1ccc(N)c2ccc(C3CC(C(=O)OCCOC(=O)C(C)I)CCC3NC(=O)OC(C)(C)C)cc12. The van der Waals surface area contributed by atoms with Crippen molar-refractivity contribution in [3.05, 3.63) is 41.5 Å². The Morgan fingerprint density at radius 1 is 0.851 bits per heavy atom. The van der Waals surface area contributed by atoms with Crippen molar-refractivity contribution in [3.8, 4) is 0 Å². The van der Waals surface area contributed by atoms with Crippen molar-refractivity contribution in [1.29, 1.82) is 0 Å². The van der Waals surface area contributed by atoms with Crippen LogP contribution in [0.1, 0.15) is 75.7 Å². The number of nitrogens with one attached hydrogen (secondary N) is 1. The number of hydrogen-bond acceptors (Lipinski definition) is 11. The largest absolute Gasteiger partial charge is 0.462 e. The van der Waals surface area contributed by atoms with Crippen molar-refractivity contribution >= 4 is 91.6 Å². The van der Waals surface area contributed by atoms with E-state index in [9.17, 15) is 24.0 Å². The molecule has 2 aromatic rings. The predicted molar refractivity (Wildman–Crippen MR) is 192 cm³/mol. The highest BCUT2D eigenvalue weighted by molar-refractivity contribution is 14.1. The number of nitrogen functional groups attached to an aromatic ring is 1. The molecule has 1 saturated carbocycles. The molecule has 5 atom stereocenters. The highest BCUT2D eigenvalue weighted by Gasteiger charge is 2.37. The molecule has 2 aromatic carbocycles. The van der Waals surface area contributed by atoms with Crippen LogP contribution in [0.4, 0.5) is 10.5 Å². The lowest BCUT2D eigenvalue weighted by atomic mass is 9.74. The van der Waals surface area contributed by atoms with Gasteiger partial charge in [0.15, 0.2) is 0 Å². The Morgan fingerprint density at radius 2 is 1.45 bits per heavy atom. The summed E-state index contributed by atoms with van der Waals surface area (Å²) in [5.74, 6) is -2.65. The van der Waals surface area contributed by atoms with Gasteiger partial charge in [0.2, 0.25) is 0 Å². The molecule has 3 N–H and O–H groups in total. The maximum Gasteiger partial charge on any atom is 0.407 e. The highest BCUT2D eigenvalue weighted by atomic mass is 127. The van der Waals surface area contributed by atoms with Crippen molar-refractivity contribution in [1.82, 2.24) is 5.32 Å². The summed E-state index contributed by atoms with van der Waals surface area (Å²) >= 11 is 3.89. The van der Waals surface area contributed by atoms with Crippen LogP contribution in [0.3, 0.4) is 0 Å². The predicted octanol–water partition coefficient (Wildman–Crippen LogP) is 5.63. The van der Waals surface area contributed by atoms with Gasteiger partial charge in [-0.25, -0.2) is 9.59 Å². The van der Waals surface area contributed by atoms with Crippen LogP contribution in [0.25, 0.3) is 10.8 Å². The summed E-state index contributed by atoms with van der Waals surface area (Å²) in [4.78, 5) is 62.5. The van der Waals surface area contributed by atoms with Gasteiger partial charge in [-0.15, -0.1) is 0 Å². The molecule has 47 heavy (non-hydrogen) atoms. The molecule has 12 nitrogen and oxygen atoms in total. The summed E-state index contributed by atoms with van der Waals surface area (Å²) < 4.78 is 25.9. The Balaban J connectivity index is 1.85. The number of carbonyl (C=O) groups is 5. The second-order valence-corrected chi connectivity index (χ2v) is 16.0. The molecular formula is C33H42I2N2O10. The topological polar surface area (TPSA) is 170 Å². The van der Waals surface area contributed by atoms with E-state index in [4.69, 9.17) is 29.4 Å². The Morgan fingerprint density at radius 3 is 2.04 bits per heavy atom. The fourth-order valence-corrected chi connectivity index (χ4v) is 5.53. The molecule has 1 aliphatic carbocycles. The maximum atomic E-state index is 13.2. The maximum absolute atomic E-state index is 13.2. The van der Waals surface area contributed by atoms with Gasteiger partial charge in [-0.3, -0.25) is 14.4 Å². The Bertz CT molecular complexity index is 1460. The van der Waals surface area contributed by atoms with Crippen LogP contribution in [0.5, 0.6) is 0 Å². The number of ether oxygens (including phenoxy) is 5. The average molecular weight is 881 g/mol. The number of carbonyl (C=O) groups excluding carboxylic acids is 5. The lowest BCUT2D eigenvalue weighted by Gasteiger charge is -2.36. The molecule has 3 rings (SSSR count). The van der Waals surface area contributed by atoms with Gasteiger partial charge in [-0.1, -0.05) is 57.3 Å². The molecule has 14 heteroatoms. The lowest BCUT2D eigenvalue weighted by Crippen LogP contribution is -2.45. The number of alkyl halides is 2. The second kappa shape index (κ2) is 17.5. The van der Waals surface area contributed by atoms with E-state index >= 15 is 0 Å². The smallest absolute Gasteiger partial charge is 0.407 e. The summed E-state index contributed by atoms with van der Waals surface area (Å²) in [5, 5.41) is 4.15. The zero-order valence-electron chi connectivity index (χ0n) is 27.1. The monoisotopic (exact) mass is 880 g/mol. The number of alkyl carbamates (subject to hydrolysis) is 1. The number of amides is 1. The Hall–Kier alpha value is -2.89. The fraction of sp³-hybridized carbons (Fsp3) is 0.545. The quantitative estimate of drug-likeness (QED) is 0.0677. The van der Waals surface area contributed by atoms with Crippen molar-refractivity contribution in [2.45, 2.75) is 79.3 Å². The molecule has 0 bridgehead atoms. The van der Waals surface area contributed by atoms with E-state index in [1.54, 1.807) is 52.8 Å². The molecule has 1 aliphatic rings. The number of hydrogen-bond donors (Lipinski definition) is 2. The summed E-state index contributed by atoms with van der Waals surface area (Å²) in [5.41, 5.74) is 7.05. The van der Waals surface area contributed by atoms with E-state index < -0.39 is 35.5 Å². The van der Waals surface area contributed by atoms with E-state index in [0.717, 1.165) is 5.56 Å². The Kier molecular flexibility index (Phi) is 14.3. The van der Waals surface area contributed by atoms with Crippen LogP contribution in [-0.2, 0) is 38.1 Å². The second-order valence-electron chi connectivity index (χ2n) is 12.2.